The van der Waals surface area contributed by atoms with Crippen molar-refractivity contribution >= 4 is 50.9 Å². The van der Waals surface area contributed by atoms with Gasteiger partial charge in [0.25, 0.3) is 5.91 Å². The van der Waals surface area contributed by atoms with Gasteiger partial charge in [0, 0.05) is 27.3 Å². The maximum atomic E-state index is 12.0. The largest absolute Gasteiger partial charge is 0.383 e. The number of carbonyl (C=O) groups is 1. The fourth-order valence-electron chi connectivity index (χ4n) is 1.76. The van der Waals surface area contributed by atoms with Gasteiger partial charge in [-0.1, -0.05) is 29.3 Å². The molecule has 0 bridgehead atoms. The smallest absolute Gasteiger partial charge is 0.255 e. The van der Waals surface area contributed by atoms with Crippen LogP contribution >= 0.6 is 39.1 Å². The Kier molecular flexibility index (Phi) is 5.45. The maximum Gasteiger partial charge on any atom is 0.255 e. The van der Waals surface area contributed by atoms with Crippen LogP contribution < -0.4 is 11.1 Å². The van der Waals surface area contributed by atoms with Crippen LogP contribution in [0.25, 0.3) is 0 Å². The molecule has 0 atom stereocenters. The number of benzene rings is 1. The number of anilines is 1. The Balaban J connectivity index is 1.97. The highest BCUT2D eigenvalue weighted by Crippen LogP contribution is 2.21. The van der Waals surface area contributed by atoms with Crippen LogP contribution in [0.3, 0.4) is 0 Å². The van der Waals surface area contributed by atoms with Crippen molar-refractivity contribution in [3.05, 3.63) is 56.1 Å². The molecule has 110 valence electrons. The standard InChI is InChI=1S/C14H12BrCl2N3O/c15-9-5-11(13(18)20-7-9)14(21)19-4-3-8-1-2-10(16)6-12(8)17/h1-2,5-7H,3-4H2,(H2,18,20)(H,19,21). The van der Waals surface area contributed by atoms with E-state index < -0.39 is 0 Å². The Bertz CT molecular complexity index is 679. The van der Waals surface area contributed by atoms with Gasteiger partial charge >= 0.3 is 0 Å². The van der Waals surface area contributed by atoms with Crippen molar-refractivity contribution in [3.63, 3.8) is 0 Å². The van der Waals surface area contributed by atoms with Crippen LogP contribution in [0, 0.1) is 0 Å². The summed E-state index contributed by atoms with van der Waals surface area (Å²) in [5.74, 6) is -0.0772. The lowest BCUT2D eigenvalue weighted by Crippen LogP contribution is -2.26. The summed E-state index contributed by atoms with van der Waals surface area (Å²) in [5, 5.41) is 3.95. The highest BCUT2D eigenvalue weighted by Gasteiger charge is 2.11. The molecule has 4 nitrogen and oxygen atoms in total. The molecule has 3 N–H and O–H groups in total. The van der Waals surface area contributed by atoms with Crippen LogP contribution in [0.15, 0.2) is 34.9 Å². The number of nitrogens with zero attached hydrogens (tertiary/aromatic N) is 1. The zero-order chi connectivity index (χ0) is 15.4. The fourth-order valence-corrected chi connectivity index (χ4v) is 2.60. The maximum absolute atomic E-state index is 12.0. The number of nitrogens with two attached hydrogens (primary N) is 1. The molecule has 0 aliphatic carbocycles. The zero-order valence-electron chi connectivity index (χ0n) is 10.9. The number of carbonyl (C=O) groups excluding carboxylic acids is 1. The molecular weight excluding hydrogens is 377 g/mol. The van der Waals surface area contributed by atoms with Crippen LogP contribution in [0.1, 0.15) is 15.9 Å². The first kappa shape index (κ1) is 16.1. The summed E-state index contributed by atoms with van der Waals surface area (Å²) in [6, 6.07) is 6.91. The quantitative estimate of drug-likeness (QED) is 0.838. The SMILES string of the molecule is Nc1ncc(Br)cc1C(=O)NCCc1ccc(Cl)cc1Cl. The lowest BCUT2D eigenvalue weighted by Gasteiger charge is -2.08. The Hall–Kier alpha value is -1.30. The van der Waals surface area contributed by atoms with Crippen LogP contribution in [0.5, 0.6) is 0 Å². The molecule has 21 heavy (non-hydrogen) atoms. The molecule has 0 saturated heterocycles. The van der Waals surface area contributed by atoms with E-state index in [1.165, 1.54) is 0 Å². The number of pyridine rings is 1. The molecule has 2 aromatic rings. The predicted molar refractivity (Wildman–Crippen MR) is 88.8 cm³/mol. The summed E-state index contributed by atoms with van der Waals surface area (Å²) in [7, 11) is 0. The highest BCUT2D eigenvalue weighted by molar-refractivity contribution is 9.10. The molecule has 0 fully saturated rings. The third-order valence-corrected chi connectivity index (χ3v) is 3.85. The number of hydrogen-bond acceptors (Lipinski definition) is 3. The monoisotopic (exact) mass is 387 g/mol. The van der Waals surface area contributed by atoms with Gasteiger partial charge in [-0.05, 0) is 46.1 Å². The minimum absolute atomic E-state index is 0.195. The van der Waals surface area contributed by atoms with E-state index >= 15 is 0 Å². The van der Waals surface area contributed by atoms with Crippen molar-refractivity contribution in [1.29, 1.82) is 0 Å². The fraction of sp³-hybridized carbons (Fsp3) is 0.143. The van der Waals surface area contributed by atoms with Crippen molar-refractivity contribution in [2.75, 3.05) is 12.3 Å². The molecule has 1 aromatic carbocycles. The topological polar surface area (TPSA) is 68.0 Å². The first-order valence-electron chi connectivity index (χ1n) is 6.10. The molecule has 0 unspecified atom stereocenters. The first-order chi connectivity index (χ1) is 9.97. The highest BCUT2D eigenvalue weighted by atomic mass is 79.9. The van der Waals surface area contributed by atoms with E-state index in [-0.39, 0.29) is 11.7 Å². The Morgan fingerprint density at radius 3 is 2.81 bits per heavy atom. The summed E-state index contributed by atoms with van der Waals surface area (Å²) in [5.41, 5.74) is 6.94. The van der Waals surface area contributed by atoms with Crippen LogP contribution in [0.2, 0.25) is 10.0 Å². The van der Waals surface area contributed by atoms with Gasteiger partial charge in [-0.15, -0.1) is 0 Å². The molecule has 1 amide bonds. The number of hydrogen-bond donors (Lipinski definition) is 2. The molecule has 1 aromatic heterocycles. The Labute approximate surface area is 140 Å². The predicted octanol–water partition coefficient (Wildman–Crippen LogP) is 3.71. The molecular formula is C14H12BrCl2N3O. The van der Waals surface area contributed by atoms with E-state index in [1.54, 1.807) is 24.4 Å². The van der Waals surface area contributed by atoms with Gasteiger partial charge < -0.3 is 11.1 Å². The van der Waals surface area contributed by atoms with Gasteiger partial charge in [-0.25, -0.2) is 4.98 Å². The Morgan fingerprint density at radius 2 is 2.10 bits per heavy atom. The third-order valence-electron chi connectivity index (χ3n) is 2.82. The molecule has 0 spiro atoms. The minimum Gasteiger partial charge on any atom is -0.383 e. The number of amides is 1. The zero-order valence-corrected chi connectivity index (χ0v) is 14.0. The van der Waals surface area contributed by atoms with Crippen LogP contribution in [-0.2, 0) is 6.42 Å². The van der Waals surface area contributed by atoms with E-state index in [4.69, 9.17) is 28.9 Å². The number of halogens is 3. The lowest BCUT2D eigenvalue weighted by atomic mass is 10.1. The second-order valence-electron chi connectivity index (χ2n) is 4.33. The lowest BCUT2D eigenvalue weighted by molar-refractivity contribution is 0.0954. The van der Waals surface area contributed by atoms with E-state index in [1.807, 2.05) is 6.07 Å². The van der Waals surface area contributed by atoms with Gasteiger partial charge in [0.1, 0.15) is 5.82 Å². The molecule has 0 aliphatic heterocycles. The van der Waals surface area contributed by atoms with Crippen LogP contribution in [-0.4, -0.2) is 17.4 Å². The van der Waals surface area contributed by atoms with E-state index in [0.29, 0.717) is 33.0 Å². The second-order valence-corrected chi connectivity index (χ2v) is 6.09. The normalized spacial score (nSPS) is 10.4. The van der Waals surface area contributed by atoms with Crippen molar-refractivity contribution in [3.8, 4) is 0 Å². The number of rotatable bonds is 4. The summed E-state index contributed by atoms with van der Waals surface area (Å²) < 4.78 is 0.697. The average molecular weight is 389 g/mol. The summed E-state index contributed by atoms with van der Waals surface area (Å²) in [6.45, 7) is 0.437. The van der Waals surface area contributed by atoms with Gasteiger partial charge in [-0.3, -0.25) is 4.79 Å². The second kappa shape index (κ2) is 7.11. The van der Waals surface area contributed by atoms with Gasteiger partial charge in [0.2, 0.25) is 0 Å². The van der Waals surface area contributed by atoms with Crippen molar-refractivity contribution in [2.24, 2.45) is 0 Å². The first-order valence-corrected chi connectivity index (χ1v) is 7.65. The van der Waals surface area contributed by atoms with E-state index in [0.717, 1.165) is 5.56 Å². The molecule has 0 radical (unpaired) electrons. The van der Waals surface area contributed by atoms with Crippen molar-refractivity contribution < 1.29 is 4.79 Å². The van der Waals surface area contributed by atoms with Crippen molar-refractivity contribution in [1.82, 2.24) is 10.3 Å². The van der Waals surface area contributed by atoms with E-state index in [9.17, 15) is 4.79 Å². The Morgan fingerprint density at radius 1 is 1.33 bits per heavy atom. The minimum atomic E-state index is -0.272. The van der Waals surface area contributed by atoms with Gasteiger partial charge in [0.15, 0.2) is 0 Å². The molecule has 7 heteroatoms. The molecule has 0 aliphatic rings. The number of aromatic nitrogens is 1. The molecule has 0 saturated carbocycles. The van der Waals surface area contributed by atoms with Gasteiger partial charge in [0.05, 0.1) is 5.56 Å². The number of nitrogens with one attached hydrogen (secondary N) is 1. The van der Waals surface area contributed by atoms with Gasteiger partial charge in [-0.2, -0.15) is 0 Å². The third kappa shape index (κ3) is 4.33. The summed E-state index contributed by atoms with van der Waals surface area (Å²) in [4.78, 5) is 16.0. The van der Waals surface area contributed by atoms with E-state index in [2.05, 4.69) is 26.2 Å². The van der Waals surface area contributed by atoms with Crippen molar-refractivity contribution in [2.45, 2.75) is 6.42 Å². The summed E-state index contributed by atoms with van der Waals surface area (Å²) in [6.07, 6.45) is 2.14. The average Bonchev–Trinajstić information content (AvgIpc) is 2.43. The van der Waals surface area contributed by atoms with Crippen LogP contribution in [0.4, 0.5) is 5.82 Å². The molecule has 1 heterocycles. The molecule has 2 rings (SSSR count). The number of nitrogen functional groups attached to an aromatic ring is 1. The summed E-state index contributed by atoms with van der Waals surface area (Å²) >= 11 is 15.2.